The van der Waals surface area contributed by atoms with E-state index in [1.54, 1.807) is 0 Å². The highest BCUT2D eigenvalue weighted by Crippen LogP contribution is 2.19. The number of nitrogens with one attached hydrogen (secondary N) is 1. The maximum Gasteiger partial charge on any atom is 0.0819 e. The van der Waals surface area contributed by atoms with E-state index in [-0.39, 0.29) is 12.1 Å². The molecule has 2 N–H and O–H groups in total. The molecule has 2 aliphatic heterocycles. The van der Waals surface area contributed by atoms with Gasteiger partial charge >= 0.3 is 0 Å². The lowest BCUT2D eigenvalue weighted by Crippen LogP contribution is -2.47. The van der Waals surface area contributed by atoms with Crippen molar-refractivity contribution in [3.63, 3.8) is 0 Å². The van der Waals surface area contributed by atoms with Gasteiger partial charge in [-0.25, -0.2) is 0 Å². The molecule has 0 amide bonds. The van der Waals surface area contributed by atoms with Gasteiger partial charge in [-0.2, -0.15) is 0 Å². The number of hydrogen-bond acceptors (Lipinski definition) is 3. The van der Waals surface area contributed by atoms with E-state index in [0.29, 0.717) is 0 Å². The van der Waals surface area contributed by atoms with Crippen molar-refractivity contribution in [2.75, 3.05) is 19.6 Å². The molecule has 3 heteroatoms. The van der Waals surface area contributed by atoms with Crippen LogP contribution in [0.5, 0.6) is 0 Å². The van der Waals surface area contributed by atoms with E-state index in [9.17, 15) is 5.11 Å². The van der Waals surface area contributed by atoms with Crippen LogP contribution in [0.1, 0.15) is 36.8 Å². The maximum absolute atomic E-state index is 10.5. The molecule has 20 heavy (non-hydrogen) atoms. The monoisotopic (exact) mass is 274 g/mol. The Morgan fingerprint density at radius 3 is 2.95 bits per heavy atom. The number of fused-ring (bicyclic) bond motifs is 1. The van der Waals surface area contributed by atoms with E-state index in [1.807, 2.05) is 0 Å². The van der Waals surface area contributed by atoms with Crippen LogP contribution in [0.25, 0.3) is 0 Å². The number of β-amino-alcohol motifs (C(OH)–C–C–N with tert-alkyl or cyclic N) is 1. The van der Waals surface area contributed by atoms with Crippen LogP contribution >= 0.6 is 0 Å². The second-order valence-corrected chi connectivity index (χ2v) is 6.23. The van der Waals surface area contributed by atoms with Crippen molar-refractivity contribution < 1.29 is 5.11 Å². The number of benzene rings is 1. The molecule has 3 nitrogen and oxygen atoms in total. The van der Waals surface area contributed by atoms with Gasteiger partial charge in [0.1, 0.15) is 0 Å². The summed E-state index contributed by atoms with van der Waals surface area (Å²) in [4.78, 5) is 2.40. The average molecular weight is 274 g/mol. The first-order valence-electron chi connectivity index (χ1n) is 8.03. The van der Waals surface area contributed by atoms with Gasteiger partial charge in [-0.1, -0.05) is 37.1 Å². The van der Waals surface area contributed by atoms with Gasteiger partial charge in [-0.3, -0.25) is 4.90 Å². The molecule has 0 radical (unpaired) electrons. The van der Waals surface area contributed by atoms with Gasteiger partial charge in [-0.15, -0.1) is 0 Å². The number of aliphatic hydroxyl groups is 1. The Morgan fingerprint density at radius 1 is 1.20 bits per heavy atom. The van der Waals surface area contributed by atoms with Crippen LogP contribution in [0.2, 0.25) is 0 Å². The summed E-state index contributed by atoms with van der Waals surface area (Å²) in [7, 11) is 0. The number of aliphatic hydroxyl groups excluding tert-OH is 1. The van der Waals surface area contributed by atoms with E-state index in [0.717, 1.165) is 39.0 Å². The van der Waals surface area contributed by atoms with Gasteiger partial charge in [0.15, 0.2) is 0 Å². The first kappa shape index (κ1) is 14.1. The second-order valence-electron chi connectivity index (χ2n) is 6.23. The fourth-order valence-corrected chi connectivity index (χ4v) is 3.49. The quantitative estimate of drug-likeness (QED) is 0.884. The van der Waals surface area contributed by atoms with E-state index in [1.165, 1.54) is 30.4 Å². The highest BCUT2D eigenvalue weighted by molar-refractivity contribution is 5.29. The fourth-order valence-electron chi connectivity index (χ4n) is 3.49. The lowest BCUT2D eigenvalue weighted by Gasteiger charge is -2.32. The van der Waals surface area contributed by atoms with E-state index >= 15 is 0 Å². The molecule has 2 aliphatic rings. The van der Waals surface area contributed by atoms with Crippen LogP contribution in [0.15, 0.2) is 24.3 Å². The van der Waals surface area contributed by atoms with Gasteiger partial charge in [0.25, 0.3) is 0 Å². The summed E-state index contributed by atoms with van der Waals surface area (Å²) in [5.41, 5.74) is 2.91. The minimum Gasteiger partial charge on any atom is -0.390 e. The van der Waals surface area contributed by atoms with E-state index in [2.05, 4.69) is 34.5 Å². The van der Waals surface area contributed by atoms with Crippen molar-refractivity contribution in [1.82, 2.24) is 10.2 Å². The average Bonchev–Trinajstić information content (AvgIpc) is 2.76. The van der Waals surface area contributed by atoms with Crippen molar-refractivity contribution in [3.8, 4) is 0 Å². The summed E-state index contributed by atoms with van der Waals surface area (Å²) in [5, 5.41) is 14.0. The Balaban J connectivity index is 1.56. The summed E-state index contributed by atoms with van der Waals surface area (Å²) >= 11 is 0. The highest BCUT2D eigenvalue weighted by Gasteiger charge is 2.24. The summed E-state index contributed by atoms with van der Waals surface area (Å²) in [5.74, 6) is 0. The third-order valence-corrected chi connectivity index (χ3v) is 4.72. The predicted molar refractivity (Wildman–Crippen MR) is 81.7 cm³/mol. The standard InChI is InChI=1S/C17H26N2O/c20-17(16-8-2-1-5-10-18-16)13-19-11-9-14-6-3-4-7-15(14)12-19/h3-4,6-7,16-18,20H,1-2,5,8-13H2. The molecule has 0 aliphatic carbocycles. The Kier molecular flexibility index (Phi) is 4.71. The largest absolute Gasteiger partial charge is 0.390 e. The first-order valence-corrected chi connectivity index (χ1v) is 8.03. The predicted octanol–water partition coefficient (Wildman–Crippen LogP) is 1.94. The zero-order valence-corrected chi connectivity index (χ0v) is 12.2. The first-order chi connectivity index (χ1) is 9.83. The van der Waals surface area contributed by atoms with Crippen molar-refractivity contribution in [2.45, 2.75) is 50.8 Å². The highest BCUT2D eigenvalue weighted by atomic mass is 16.3. The molecule has 0 spiro atoms. The summed E-state index contributed by atoms with van der Waals surface area (Å²) in [6.45, 7) is 3.91. The molecular weight excluding hydrogens is 248 g/mol. The number of rotatable bonds is 3. The van der Waals surface area contributed by atoms with Crippen molar-refractivity contribution in [1.29, 1.82) is 0 Å². The van der Waals surface area contributed by atoms with Crippen LogP contribution < -0.4 is 5.32 Å². The molecular formula is C17H26N2O. The molecule has 2 unspecified atom stereocenters. The maximum atomic E-state index is 10.5. The molecule has 0 bridgehead atoms. The van der Waals surface area contributed by atoms with Gasteiger partial charge in [0.2, 0.25) is 0 Å². The fraction of sp³-hybridized carbons (Fsp3) is 0.647. The normalized spacial score (nSPS) is 25.8. The molecule has 2 heterocycles. The molecule has 0 saturated carbocycles. The van der Waals surface area contributed by atoms with Crippen LogP contribution in [0.4, 0.5) is 0 Å². The lowest BCUT2D eigenvalue weighted by molar-refractivity contribution is 0.0725. The molecule has 1 aromatic carbocycles. The SMILES string of the molecule is OC(CN1CCc2ccccc2C1)C1CCCCCN1. The van der Waals surface area contributed by atoms with Crippen LogP contribution in [0.3, 0.4) is 0 Å². The second kappa shape index (κ2) is 6.70. The third-order valence-electron chi connectivity index (χ3n) is 4.72. The van der Waals surface area contributed by atoms with Crippen LogP contribution in [0, 0.1) is 0 Å². The van der Waals surface area contributed by atoms with E-state index in [4.69, 9.17) is 0 Å². The van der Waals surface area contributed by atoms with Gasteiger partial charge < -0.3 is 10.4 Å². The Labute approximate surface area is 122 Å². The lowest BCUT2D eigenvalue weighted by atomic mass is 9.98. The zero-order chi connectivity index (χ0) is 13.8. The number of nitrogens with zero attached hydrogens (tertiary/aromatic N) is 1. The minimum absolute atomic E-state index is 0.238. The Hall–Kier alpha value is -0.900. The summed E-state index contributed by atoms with van der Waals surface area (Å²) in [6.07, 6.45) is 5.79. The molecule has 110 valence electrons. The van der Waals surface area contributed by atoms with Gasteiger partial charge in [-0.05, 0) is 36.9 Å². The summed E-state index contributed by atoms with van der Waals surface area (Å²) < 4.78 is 0. The van der Waals surface area contributed by atoms with Crippen molar-refractivity contribution in [2.24, 2.45) is 0 Å². The van der Waals surface area contributed by atoms with Crippen LogP contribution in [-0.4, -0.2) is 41.8 Å². The minimum atomic E-state index is -0.238. The molecule has 2 atom stereocenters. The van der Waals surface area contributed by atoms with E-state index < -0.39 is 0 Å². The number of hydrogen-bond donors (Lipinski definition) is 2. The van der Waals surface area contributed by atoms with Crippen molar-refractivity contribution >= 4 is 0 Å². The van der Waals surface area contributed by atoms with Crippen LogP contribution in [-0.2, 0) is 13.0 Å². The van der Waals surface area contributed by atoms with Gasteiger partial charge in [0.05, 0.1) is 6.10 Å². The molecule has 0 aromatic heterocycles. The molecule has 1 saturated heterocycles. The Morgan fingerprint density at radius 2 is 2.05 bits per heavy atom. The summed E-state index contributed by atoms with van der Waals surface area (Å²) in [6, 6.07) is 8.98. The van der Waals surface area contributed by atoms with Gasteiger partial charge in [0, 0.05) is 25.7 Å². The smallest absolute Gasteiger partial charge is 0.0819 e. The molecule has 1 fully saturated rings. The topological polar surface area (TPSA) is 35.5 Å². The Bertz CT molecular complexity index is 427. The zero-order valence-electron chi connectivity index (χ0n) is 12.2. The third kappa shape index (κ3) is 3.40. The molecule has 1 aromatic rings. The molecule has 3 rings (SSSR count). The van der Waals surface area contributed by atoms with Crippen molar-refractivity contribution in [3.05, 3.63) is 35.4 Å².